The average Bonchev–Trinajstić information content (AvgIpc) is 3.23. The van der Waals surface area contributed by atoms with Crippen molar-refractivity contribution in [1.82, 2.24) is 20.4 Å². The first-order valence-electron chi connectivity index (χ1n) is 9.10. The van der Waals surface area contributed by atoms with Crippen molar-refractivity contribution < 1.29 is 8.78 Å². The number of alkyl halides is 2. The highest BCUT2D eigenvalue weighted by atomic mass is 19.3. The monoisotopic (exact) mass is 372 g/mol. The summed E-state index contributed by atoms with van der Waals surface area (Å²) >= 11 is 0. The van der Waals surface area contributed by atoms with Crippen LogP contribution in [0.5, 0.6) is 0 Å². The first-order valence-corrected chi connectivity index (χ1v) is 9.10. The van der Waals surface area contributed by atoms with Crippen molar-refractivity contribution in [3.05, 3.63) is 47.7 Å². The van der Waals surface area contributed by atoms with Crippen LogP contribution in [0.4, 0.5) is 14.6 Å². The molecule has 1 unspecified atom stereocenters. The maximum Gasteiger partial charge on any atom is 0.264 e. The molecule has 1 aromatic heterocycles. The van der Waals surface area contributed by atoms with E-state index >= 15 is 0 Å². The normalized spacial score (nSPS) is 20.2. The highest BCUT2D eigenvalue weighted by Gasteiger charge is 2.35. The highest BCUT2D eigenvalue weighted by Crippen LogP contribution is 2.24. The molecule has 1 fully saturated rings. The van der Waals surface area contributed by atoms with Crippen LogP contribution < -0.4 is 5.32 Å². The maximum absolute atomic E-state index is 14.4. The van der Waals surface area contributed by atoms with Gasteiger partial charge in [0.2, 0.25) is 0 Å². The molecule has 1 aromatic carbocycles. The number of rotatable bonds is 5. The number of aromatic amines is 1. The number of likely N-dealkylation sites (tertiary alicyclic amines) is 1. The quantitative estimate of drug-likeness (QED) is 0.847. The summed E-state index contributed by atoms with van der Waals surface area (Å²) in [4.78, 5) is 10.6. The van der Waals surface area contributed by atoms with E-state index in [9.17, 15) is 8.78 Å². The third kappa shape index (κ3) is 4.39. The SMILES string of the molecule is FC(F)(Cc1ccccc1)CN1CCC(NC2=NCC=Nc3[nH]ncc32)C1. The van der Waals surface area contributed by atoms with Gasteiger partial charge in [0.1, 0.15) is 5.84 Å². The van der Waals surface area contributed by atoms with Gasteiger partial charge in [-0.15, -0.1) is 0 Å². The molecule has 0 aliphatic carbocycles. The predicted molar refractivity (Wildman–Crippen MR) is 101 cm³/mol. The van der Waals surface area contributed by atoms with Gasteiger partial charge in [-0.2, -0.15) is 5.10 Å². The minimum absolute atomic E-state index is 0.0807. The van der Waals surface area contributed by atoms with Crippen LogP contribution in [0.15, 0.2) is 46.5 Å². The van der Waals surface area contributed by atoms with Gasteiger partial charge in [0.05, 0.1) is 24.8 Å². The molecule has 3 heterocycles. The van der Waals surface area contributed by atoms with E-state index in [2.05, 4.69) is 25.5 Å². The summed E-state index contributed by atoms with van der Waals surface area (Å²) in [6.07, 6.45) is 3.97. The molecule has 0 saturated carbocycles. The zero-order valence-corrected chi connectivity index (χ0v) is 14.9. The maximum atomic E-state index is 14.4. The largest absolute Gasteiger partial charge is 0.366 e. The first-order chi connectivity index (χ1) is 13.1. The Balaban J connectivity index is 1.34. The zero-order valence-electron chi connectivity index (χ0n) is 14.9. The molecule has 2 aliphatic rings. The minimum Gasteiger partial charge on any atom is -0.366 e. The Bertz CT molecular complexity index is 830. The Morgan fingerprint density at radius 1 is 1.26 bits per heavy atom. The molecular formula is C19H22F2N6. The summed E-state index contributed by atoms with van der Waals surface area (Å²) in [5.74, 6) is -1.36. The van der Waals surface area contributed by atoms with E-state index < -0.39 is 5.92 Å². The molecule has 4 rings (SSSR count). The highest BCUT2D eigenvalue weighted by molar-refractivity contribution is 6.04. The molecular weight excluding hydrogens is 350 g/mol. The second-order valence-corrected chi connectivity index (χ2v) is 7.02. The van der Waals surface area contributed by atoms with E-state index in [0.717, 1.165) is 17.8 Å². The number of hydrogen-bond acceptors (Lipinski definition) is 5. The predicted octanol–water partition coefficient (Wildman–Crippen LogP) is 2.41. The van der Waals surface area contributed by atoms with Gasteiger partial charge in [0, 0.05) is 31.8 Å². The molecule has 2 aromatic rings. The molecule has 0 radical (unpaired) electrons. The van der Waals surface area contributed by atoms with Crippen molar-refractivity contribution in [2.75, 3.05) is 26.2 Å². The van der Waals surface area contributed by atoms with Crippen molar-refractivity contribution >= 4 is 17.9 Å². The van der Waals surface area contributed by atoms with Crippen LogP contribution in [0.3, 0.4) is 0 Å². The summed E-state index contributed by atoms with van der Waals surface area (Å²) in [7, 11) is 0. The molecule has 2 aliphatic heterocycles. The van der Waals surface area contributed by atoms with E-state index in [1.54, 1.807) is 36.7 Å². The van der Waals surface area contributed by atoms with Crippen molar-refractivity contribution in [2.45, 2.75) is 24.8 Å². The summed E-state index contributed by atoms with van der Waals surface area (Å²) in [5.41, 5.74) is 1.48. The molecule has 27 heavy (non-hydrogen) atoms. The molecule has 142 valence electrons. The van der Waals surface area contributed by atoms with Crippen LogP contribution in [-0.4, -0.2) is 65.3 Å². The second kappa shape index (κ2) is 7.56. The minimum atomic E-state index is -2.75. The molecule has 6 nitrogen and oxygen atoms in total. The van der Waals surface area contributed by atoms with E-state index in [1.165, 1.54) is 0 Å². The summed E-state index contributed by atoms with van der Waals surface area (Å²) in [5, 5.41) is 10.2. The van der Waals surface area contributed by atoms with E-state index in [4.69, 9.17) is 0 Å². The number of benzene rings is 1. The number of nitrogens with zero attached hydrogens (tertiary/aromatic N) is 4. The number of aromatic nitrogens is 2. The molecule has 0 spiro atoms. The third-order valence-electron chi connectivity index (χ3n) is 4.80. The van der Waals surface area contributed by atoms with Crippen molar-refractivity contribution in [3.63, 3.8) is 0 Å². The van der Waals surface area contributed by atoms with Crippen molar-refractivity contribution in [2.24, 2.45) is 9.98 Å². The van der Waals surface area contributed by atoms with E-state index in [0.29, 0.717) is 31.0 Å². The van der Waals surface area contributed by atoms with Crippen LogP contribution in [-0.2, 0) is 6.42 Å². The Morgan fingerprint density at radius 3 is 2.96 bits per heavy atom. The first kappa shape index (κ1) is 17.8. The number of amidine groups is 1. The van der Waals surface area contributed by atoms with Gasteiger partial charge >= 0.3 is 0 Å². The van der Waals surface area contributed by atoms with Gasteiger partial charge in [-0.25, -0.2) is 13.8 Å². The van der Waals surface area contributed by atoms with Crippen molar-refractivity contribution in [3.8, 4) is 0 Å². The van der Waals surface area contributed by atoms with Gasteiger partial charge in [-0.05, 0) is 12.0 Å². The second-order valence-electron chi connectivity index (χ2n) is 7.02. The molecule has 8 heteroatoms. The zero-order chi connectivity index (χ0) is 18.7. The standard InChI is InChI=1S/C19H22F2N6/c20-19(21,10-14-4-2-1-3-5-14)13-27-9-6-15(12-27)25-17-16-11-24-26-18(16)23-8-7-22-17/h1-5,8,11,15H,6-7,9-10,12-13H2,(H,22,25)(H,24,26). The number of halogens is 2. The van der Waals surface area contributed by atoms with Gasteiger partial charge in [-0.3, -0.25) is 15.0 Å². The van der Waals surface area contributed by atoms with Crippen LogP contribution in [0.25, 0.3) is 0 Å². The number of hydrogen-bond donors (Lipinski definition) is 2. The Morgan fingerprint density at radius 2 is 2.11 bits per heavy atom. The fourth-order valence-electron chi connectivity index (χ4n) is 3.59. The fourth-order valence-corrected chi connectivity index (χ4v) is 3.59. The van der Waals surface area contributed by atoms with Gasteiger partial charge in [-0.1, -0.05) is 30.3 Å². The van der Waals surface area contributed by atoms with Crippen LogP contribution in [0.1, 0.15) is 17.5 Å². The van der Waals surface area contributed by atoms with E-state index in [-0.39, 0.29) is 19.0 Å². The number of fused-ring (bicyclic) bond motifs is 1. The van der Waals surface area contributed by atoms with Gasteiger partial charge < -0.3 is 5.32 Å². The lowest BCUT2D eigenvalue weighted by Gasteiger charge is -2.24. The van der Waals surface area contributed by atoms with E-state index in [1.807, 2.05) is 11.0 Å². The topological polar surface area (TPSA) is 68.7 Å². The smallest absolute Gasteiger partial charge is 0.264 e. The lowest BCUT2D eigenvalue weighted by Crippen LogP contribution is -2.41. The average molecular weight is 372 g/mol. The lowest BCUT2D eigenvalue weighted by molar-refractivity contribution is -0.0266. The van der Waals surface area contributed by atoms with Crippen LogP contribution >= 0.6 is 0 Å². The summed E-state index contributed by atoms with van der Waals surface area (Å²) in [6.45, 7) is 1.46. The number of aliphatic imine (C=N–C) groups is 2. The summed E-state index contributed by atoms with van der Waals surface area (Å²) < 4.78 is 28.9. The molecule has 0 bridgehead atoms. The van der Waals surface area contributed by atoms with Gasteiger partial charge in [0.25, 0.3) is 5.92 Å². The fraction of sp³-hybridized carbons (Fsp3) is 0.421. The Labute approximate surface area is 156 Å². The van der Waals surface area contributed by atoms with Crippen LogP contribution in [0.2, 0.25) is 0 Å². The number of H-pyrrole nitrogens is 1. The Kier molecular flexibility index (Phi) is 4.98. The van der Waals surface area contributed by atoms with Crippen molar-refractivity contribution in [1.29, 1.82) is 0 Å². The number of nitrogens with one attached hydrogen (secondary N) is 2. The third-order valence-corrected chi connectivity index (χ3v) is 4.80. The van der Waals surface area contributed by atoms with Crippen LogP contribution in [0, 0.1) is 0 Å². The molecule has 2 N–H and O–H groups in total. The molecule has 0 amide bonds. The summed E-state index contributed by atoms with van der Waals surface area (Å²) in [6, 6.07) is 9.00. The molecule has 1 atom stereocenters. The Hall–Kier alpha value is -2.61. The van der Waals surface area contributed by atoms with Gasteiger partial charge in [0.15, 0.2) is 5.82 Å². The lowest BCUT2D eigenvalue weighted by atomic mass is 10.1. The molecule has 1 saturated heterocycles.